The fourth-order valence-corrected chi connectivity index (χ4v) is 3.06. The molecule has 126 valence electrons. The monoisotopic (exact) mass is 337 g/mol. The number of carbonyl (C=O) groups is 1. The maximum absolute atomic E-state index is 13.0. The van der Waals surface area contributed by atoms with Gasteiger partial charge in [0.15, 0.2) is 0 Å². The van der Waals surface area contributed by atoms with E-state index in [4.69, 9.17) is 4.74 Å². The first-order valence-corrected chi connectivity index (χ1v) is 8.00. The number of halogens is 1. The summed E-state index contributed by atoms with van der Waals surface area (Å²) in [6.07, 6.45) is 2.07. The number of ether oxygens (including phenoxy) is 1. The fraction of sp³-hybridized carbons (Fsp3) is 0.158. The summed E-state index contributed by atoms with van der Waals surface area (Å²) in [7, 11) is 0. The molecule has 1 aliphatic rings. The molecule has 0 spiro atoms. The number of hydrogen-bond acceptors (Lipinski definition) is 3. The van der Waals surface area contributed by atoms with E-state index in [2.05, 4.69) is 15.5 Å². The molecular weight excluding hydrogens is 321 g/mol. The Kier molecular flexibility index (Phi) is 3.93. The molecule has 3 aromatic rings. The number of aromatic amines is 1. The number of H-pyrrole nitrogens is 1. The van der Waals surface area contributed by atoms with Crippen LogP contribution in [-0.2, 0) is 11.4 Å². The zero-order chi connectivity index (χ0) is 17.2. The van der Waals surface area contributed by atoms with Gasteiger partial charge in [-0.15, -0.1) is 0 Å². The standard InChI is InChI=1S/C19H16FN3O2/c20-13-7-5-12(6-8-13)11-25-17-4-2-1-3-14(17)15-9-18(24)22-19-16(15)10-21-23-19/h1-8,10,15H,9,11H2,(H2,21,22,23,24)/t15-/m1/s1. The average molecular weight is 337 g/mol. The number of hydrogen-bond donors (Lipinski definition) is 2. The van der Waals surface area contributed by atoms with E-state index in [0.717, 1.165) is 16.7 Å². The van der Waals surface area contributed by atoms with Gasteiger partial charge in [-0.05, 0) is 23.8 Å². The maximum Gasteiger partial charge on any atom is 0.226 e. The molecule has 2 heterocycles. The van der Waals surface area contributed by atoms with Gasteiger partial charge < -0.3 is 10.1 Å². The third-order valence-electron chi connectivity index (χ3n) is 4.30. The van der Waals surface area contributed by atoms with E-state index in [9.17, 15) is 9.18 Å². The number of fused-ring (bicyclic) bond motifs is 1. The van der Waals surface area contributed by atoms with Crippen LogP contribution in [0.3, 0.4) is 0 Å². The van der Waals surface area contributed by atoms with Gasteiger partial charge >= 0.3 is 0 Å². The molecule has 2 aromatic carbocycles. The SMILES string of the molecule is O=C1C[C@H](c2ccccc2OCc2ccc(F)cc2)c2cn[nH]c2N1. The van der Waals surface area contributed by atoms with Crippen LogP contribution < -0.4 is 10.1 Å². The summed E-state index contributed by atoms with van der Waals surface area (Å²) < 4.78 is 19.0. The molecule has 4 rings (SSSR count). The van der Waals surface area contributed by atoms with Gasteiger partial charge in [-0.2, -0.15) is 5.10 Å². The van der Waals surface area contributed by atoms with Crippen molar-refractivity contribution in [1.29, 1.82) is 0 Å². The average Bonchev–Trinajstić information content (AvgIpc) is 3.09. The highest BCUT2D eigenvalue weighted by Crippen LogP contribution is 2.39. The lowest BCUT2D eigenvalue weighted by molar-refractivity contribution is -0.116. The minimum absolute atomic E-state index is 0.0601. The van der Waals surface area contributed by atoms with Crippen LogP contribution in [0, 0.1) is 5.82 Å². The molecule has 0 aliphatic carbocycles. The number of benzene rings is 2. The van der Waals surface area contributed by atoms with Crippen molar-refractivity contribution < 1.29 is 13.9 Å². The Morgan fingerprint density at radius 3 is 2.76 bits per heavy atom. The van der Waals surface area contributed by atoms with Crippen LogP contribution in [0.15, 0.2) is 54.7 Å². The summed E-state index contributed by atoms with van der Waals surface area (Å²) in [6.45, 7) is 0.328. The Balaban J connectivity index is 1.61. The molecule has 1 atom stereocenters. The van der Waals surface area contributed by atoms with Gasteiger partial charge in [0, 0.05) is 23.5 Å². The normalized spacial score (nSPS) is 16.2. The van der Waals surface area contributed by atoms with Crippen LogP contribution in [-0.4, -0.2) is 16.1 Å². The number of carbonyl (C=O) groups excluding carboxylic acids is 1. The number of aromatic nitrogens is 2. The topological polar surface area (TPSA) is 67.0 Å². The summed E-state index contributed by atoms with van der Waals surface area (Å²) in [4.78, 5) is 12.0. The molecule has 0 saturated carbocycles. The molecule has 25 heavy (non-hydrogen) atoms. The summed E-state index contributed by atoms with van der Waals surface area (Å²) in [5.74, 6) is 0.889. The van der Waals surface area contributed by atoms with Crippen molar-refractivity contribution in [3.63, 3.8) is 0 Å². The van der Waals surface area contributed by atoms with Crippen LogP contribution in [0.4, 0.5) is 10.2 Å². The Bertz CT molecular complexity index is 905. The van der Waals surface area contributed by atoms with Gasteiger partial charge in [0.1, 0.15) is 24.0 Å². The van der Waals surface area contributed by atoms with Gasteiger partial charge in [-0.3, -0.25) is 9.89 Å². The Morgan fingerprint density at radius 2 is 1.92 bits per heavy atom. The van der Waals surface area contributed by atoms with Gasteiger partial charge in [0.25, 0.3) is 0 Å². The second-order valence-corrected chi connectivity index (χ2v) is 5.96. The largest absolute Gasteiger partial charge is 0.489 e. The zero-order valence-corrected chi connectivity index (χ0v) is 13.3. The third kappa shape index (κ3) is 3.10. The smallest absolute Gasteiger partial charge is 0.226 e. The molecule has 6 heteroatoms. The molecule has 0 bridgehead atoms. The molecule has 0 fully saturated rings. The van der Waals surface area contributed by atoms with Crippen LogP contribution in [0.5, 0.6) is 5.75 Å². The lowest BCUT2D eigenvalue weighted by atomic mass is 9.87. The predicted molar refractivity (Wildman–Crippen MR) is 90.9 cm³/mol. The van der Waals surface area contributed by atoms with Crippen molar-refractivity contribution in [2.75, 3.05) is 5.32 Å². The third-order valence-corrected chi connectivity index (χ3v) is 4.30. The van der Waals surface area contributed by atoms with Gasteiger partial charge in [0.2, 0.25) is 5.91 Å². The summed E-state index contributed by atoms with van der Waals surface area (Å²) in [6, 6.07) is 13.9. The maximum atomic E-state index is 13.0. The zero-order valence-electron chi connectivity index (χ0n) is 13.3. The van der Waals surface area contributed by atoms with Crippen molar-refractivity contribution in [3.05, 3.63) is 77.2 Å². The highest BCUT2D eigenvalue weighted by atomic mass is 19.1. The van der Waals surface area contributed by atoms with Gasteiger partial charge in [-0.1, -0.05) is 30.3 Å². The van der Waals surface area contributed by atoms with Crippen molar-refractivity contribution in [2.45, 2.75) is 18.9 Å². The van der Waals surface area contributed by atoms with E-state index in [0.29, 0.717) is 24.6 Å². The Morgan fingerprint density at radius 1 is 1.12 bits per heavy atom. The lowest BCUT2D eigenvalue weighted by Gasteiger charge is -2.24. The molecular formula is C19H16FN3O2. The Labute approximate surface area is 143 Å². The molecule has 0 saturated heterocycles. The summed E-state index contributed by atoms with van der Waals surface area (Å²) in [5, 5.41) is 9.63. The van der Waals surface area contributed by atoms with Crippen molar-refractivity contribution in [1.82, 2.24) is 10.2 Å². The molecule has 5 nitrogen and oxygen atoms in total. The minimum Gasteiger partial charge on any atom is -0.489 e. The van der Waals surface area contributed by atoms with E-state index >= 15 is 0 Å². The highest BCUT2D eigenvalue weighted by Gasteiger charge is 2.29. The number of nitrogens with zero attached hydrogens (tertiary/aromatic N) is 1. The van der Waals surface area contributed by atoms with Crippen LogP contribution in [0.1, 0.15) is 29.0 Å². The minimum atomic E-state index is -0.273. The lowest BCUT2D eigenvalue weighted by Crippen LogP contribution is -2.23. The molecule has 1 aliphatic heterocycles. The molecule has 1 aromatic heterocycles. The number of para-hydroxylation sites is 1. The van der Waals surface area contributed by atoms with Crippen LogP contribution >= 0.6 is 0 Å². The van der Waals surface area contributed by atoms with E-state index < -0.39 is 0 Å². The first kappa shape index (κ1) is 15.4. The first-order chi connectivity index (χ1) is 12.2. The molecule has 2 N–H and O–H groups in total. The quantitative estimate of drug-likeness (QED) is 0.764. The highest BCUT2D eigenvalue weighted by molar-refractivity contribution is 5.94. The van der Waals surface area contributed by atoms with Crippen molar-refractivity contribution in [3.8, 4) is 5.75 Å². The molecule has 0 radical (unpaired) electrons. The summed E-state index contributed by atoms with van der Waals surface area (Å²) >= 11 is 0. The van der Waals surface area contributed by atoms with Gasteiger partial charge in [-0.25, -0.2) is 4.39 Å². The van der Waals surface area contributed by atoms with E-state index in [1.807, 2.05) is 24.3 Å². The van der Waals surface area contributed by atoms with Crippen LogP contribution in [0.25, 0.3) is 0 Å². The number of nitrogens with one attached hydrogen (secondary N) is 2. The number of amides is 1. The number of anilines is 1. The number of rotatable bonds is 4. The van der Waals surface area contributed by atoms with Crippen molar-refractivity contribution >= 4 is 11.7 Å². The van der Waals surface area contributed by atoms with E-state index in [1.54, 1.807) is 18.3 Å². The Hall–Kier alpha value is -3.15. The first-order valence-electron chi connectivity index (χ1n) is 8.00. The second kappa shape index (κ2) is 6.39. The molecule has 1 amide bonds. The van der Waals surface area contributed by atoms with Crippen LogP contribution in [0.2, 0.25) is 0 Å². The van der Waals surface area contributed by atoms with E-state index in [-0.39, 0.29) is 17.6 Å². The predicted octanol–water partition coefficient (Wildman–Crippen LogP) is 3.60. The van der Waals surface area contributed by atoms with Crippen molar-refractivity contribution in [2.24, 2.45) is 0 Å². The molecule has 0 unspecified atom stereocenters. The fourth-order valence-electron chi connectivity index (χ4n) is 3.06. The summed E-state index contributed by atoms with van der Waals surface area (Å²) in [5.41, 5.74) is 2.75. The second-order valence-electron chi connectivity index (χ2n) is 5.96. The van der Waals surface area contributed by atoms with Gasteiger partial charge in [0.05, 0.1) is 6.20 Å². The van der Waals surface area contributed by atoms with E-state index in [1.165, 1.54) is 12.1 Å².